The largest absolute Gasteiger partial charge is 0.378 e. The molecule has 3 aromatic rings. The van der Waals surface area contributed by atoms with Gasteiger partial charge in [-0.25, -0.2) is 15.0 Å². The summed E-state index contributed by atoms with van der Waals surface area (Å²) in [5, 5.41) is 7.14. The Kier molecular flexibility index (Phi) is 6.06. The van der Waals surface area contributed by atoms with E-state index in [1.165, 1.54) is 11.1 Å². The summed E-state index contributed by atoms with van der Waals surface area (Å²) in [5.74, 6) is 2.52. The average Bonchev–Trinajstić information content (AvgIpc) is 3.14. The standard InChI is InChI=1S/C26H34N6O/c1-18(2)15-23-27-25-22(31-11-13-33-14-12-31)17-24(28-26(25)30(23)4)32-10-6-9-21(29-32)20-8-5-7-19(3)16-20/h5,7-8,16-18H,6,9-15H2,1-4H3. The normalized spacial score (nSPS) is 17.2. The highest BCUT2D eigenvalue weighted by Crippen LogP contribution is 2.32. The minimum absolute atomic E-state index is 0.537. The van der Waals surface area contributed by atoms with Crippen LogP contribution in [-0.4, -0.2) is 53.1 Å². The van der Waals surface area contributed by atoms with E-state index in [4.69, 9.17) is 19.8 Å². The molecule has 1 fully saturated rings. The number of hydrogen-bond donors (Lipinski definition) is 0. The lowest BCUT2D eigenvalue weighted by molar-refractivity contribution is 0.123. The first-order valence-electron chi connectivity index (χ1n) is 12.1. The number of nitrogens with zero attached hydrogens (tertiary/aromatic N) is 6. The average molecular weight is 447 g/mol. The summed E-state index contributed by atoms with van der Waals surface area (Å²) < 4.78 is 7.78. The van der Waals surface area contributed by atoms with E-state index >= 15 is 0 Å². The third-order valence-electron chi connectivity index (χ3n) is 6.47. The quantitative estimate of drug-likeness (QED) is 0.584. The van der Waals surface area contributed by atoms with Crippen molar-refractivity contribution in [1.82, 2.24) is 14.5 Å². The molecular formula is C26H34N6O. The fourth-order valence-corrected chi connectivity index (χ4v) is 4.73. The van der Waals surface area contributed by atoms with Crippen molar-refractivity contribution < 1.29 is 4.74 Å². The van der Waals surface area contributed by atoms with Crippen LogP contribution in [0, 0.1) is 12.8 Å². The van der Waals surface area contributed by atoms with Crippen LogP contribution in [-0.2, 0) is 18.2 Å². The number of hydrogen-bond acceptors (Lipinski definition) is 6. The molecule has 0 spiro atoms. The van der Waals surface area contributed by atoms with Gasteiger partial charge in [-0.15, -0.1) is 0 Å². The second-order valence-corrected chi connectivity index (χ2v) is 9.60. The molecule has 0 N–H and O–H groups in total. The van der Waals surface area contributed by atoms with E-state index in [0.717, 1.165) is 86.3 Å². The van der Waals surface area contributed by atoms with Gasteiger partial charge >= 0.3 is 0 Å². The monoisotopic (exact) mass is 446 g/mol. The molecule has 0 saturated carbocycles. The molecule has 5 rings (SSSR count). The zero-order chi connectivity index (χ0) is 22.9. The molecular weight excluding hydrogens is 412 g/mol. The third-order valence-corrected chi connectivity index (χ3v) is 6.47. The number of aryl methyl sites for hydroxylation is 2. The van der Waals surface area contributed by atoms with Gasteiger partial charge in [0.05, 0.1) is 24.6 Å². The van der Waals surface area contributed by atoms with E-state index in [9.17, 15) is 0 Å². The maximum absolute atomic E-state index is 5.62. The first-order chi connectivity index (χ1) is 16.0. The molecule has 4 heterocycles. The Labute approximate surface area is 196 Å². The van der Waals surface area contributed by atoms with Gasteiger partial charge in [0.2, 0.25) is 0 Å². The summed E-state index contributed by atoms with van der Waals surface area (Å²) in [5.41, 5.74) is 6.65. The van der Waals surface area contributed by atoms with Crippen LogP contribution in [0.25, 0.3) is 11.2 Å². The zero-order valence-corrected chi connectivity index (χ0v) is 20.2. The van der Waals surface area contributed by atoms with Gasteiger partial charge < -0.3 is 14.2 Å². The minimum Gasteiger partial charge on any atom is -0.378 e. The Balaban J connectivity index is 1.60. The van der Waals surface area contributed by atoms with Crippen LogP contribution in [0.2, 0.25) is 0 Å². The highest BCUT2D eigenvalue weighted by molar-refractivity contribution is 6.01. The highest BCUT2D eigenvalue weighted by Gasteiger charge is 2.24. The van der Waals surface area contributed by atoms with E-state index in [1.807, 2.05) is 0 Å². The zero-order valence-electron chi connectivity index (χ0n) is 20.2. The van der Waals surface area contributed by atoms with Gasteiger partial charge in [-0.05, 0) is 31.2 Å². The molecule has 0 bridgehead atoms. The van der Waals surface area contributed by atoms with Crippen LogP contribution in [0.4, 0.5) is 11.5 Å². The molecule has 1 aromatic carbocycles. The number of benzene rings is 1. The van der Waals surface area contributed by atoms with E-state index in [1.54, 1.807) is 0 Å². The summed E-state index contributed by atoms with van der Waals surface area (Å²) in [6.45, 7) is 10.7. The maximum Gasteiger partial charge on any atom is 0.164 e. The lowest BCUT2D eigenvalue weighted by Gasteiger charge is -2.30. The first-order valence-corrected chi connectivity index (χ1v) is 12.1. The predicted molar refractivity (Wildman–Crippen MR) is 134 cm³/mol. The van der Waals surface area contributed by atoms with Crippen LogP contribution < -0.4 is 9.91 Å². The molecule has 2 aliphatic rings. The van der Waals surface area contributed by atoms with Crippen molar-refractivity contribution in [2.45, 2.75) is 40.0 Å². The Bertz CT molecular complexity index is 1170. The van der Waals surface area contributed by atoms with Crippen molar-refractivity contribution in [3.63, 3.8) is 0 Å². The van der Waals surface area contributed by atoms with Crippen molar-refractivity contribution in [1.29, 1.82) is 0 Å². The van der Waals surface area contributed by atoms with E-state index in [2.05, 4.69) is 72.6 Å². The van der Waals surface area contributed by atoms with Crippen molar-refractivity contribution in [3.8, 4) is 0 Å². The maximum atomic E-state index is 5.62. The number of anilines is 2. The number of rotatable bonds is 5. The van der Waals surface area contributed by atoms with E-state index in [0.29, 0.717) is 5.92 Å². The van der Waals surface area contributed by atoms with Crippen LogP contribution in [0.1, 0.15) is 43.6 Å². The van der Waals surface area contributed by atoms with E-state index < -0.39 is 0 Å². The first kappa shape index (κ1) is 21.9. The van der Waals surface area contributed by atoms with E-state index in [-0.39, 0.29) is 0 Å². The second kappa shape index (κ2) is 9.14. The molecule has 0 aliphatic carbocycles. The molecule has 7 nitrogen and oxygen atoms in total. The van der Waals surface area contributed by atoms with Gasteiger partial charge in [0.1, 0.15) is 11.3 Å². The minimum atomic E-state index is 0.537. The van der Waals surface area contributed by atoms with Gasteiger partial charge in [0.15, 0.2) is 11.5 Å². The van der Waals surface area contributed by atoms with Gasteiger partial charge in [-0.3, -0.25) is 0 Å². The summed E-state index contributed by atoms with van der Waals surface area (Å²) in [6.07, 6.45) is 2.98. The molecule has 0 radical (unpaired) electrons. The molecule has 0 amide bonds. The second-order valence-electron chi connectivity index (χ2n) is 9.60. The smallest absolute Gasteiger partial charge is 0.164 e. The van der Waals surface area contributed by atoms with Gasteiger partial charge in [-0.1, -0.05) is 43.7 Å². The molecule has 2 aliphatic heterocycles. The fraction of sp³-hybridized carbons (Fsp3) is 0.500. The number of aromatic nitrogens is 3. The van der Waals surface area contributed by atoms with Crippen LogP contribution in [0.3, 0.4) is 0 Å². The highest BCUT2D eigenvalue weighted by atomic mass is 16.5. The molecule has 7 heteroatoms. The third kappa shape index (κ3) is 4.47. The molecule has 33 heavy (non-hydrogen) atoms. The Morgan fingerprint density at radius 2 is 1.88 bits per heavy atom. The number of morpholine rings is 1. The SMILES string of the molecule is Cc1cccc(C2=NN(c3cc(N4CCOCC4)c4nc(CC(C)C)n(C)c4n3)CCC2)c1. The van der Waals surface area contributed by atoms with Gasteiger partial charge in [0.25, 0.3) is 0 Å². The van der Waals surface area contributed by atoms with Crippen molar-refractivity contribution in [3.05, 3.63) is 47.3 Å². The van der Waals surface area contributed by atoms with Crippen molar-refractivity contribution in [2.24, 2.45) is 18.1 Å². The predicted octanol–water partition coefficient (Wildman–Crippen LogP) is 4.32. The van der Waals surface area contributed by atoms with Crippen LogP contribution in [0.5, 0.6) is 0 Å². The van der Waals surface area contributed by atoms with Gasteiger partial charge in [0, 0.05) is 39.2 Å². The van der Waals surface area contributed by atoms with Crippen molar-refractivity contribution in [2.75, 3.05) is 42.8 Å². The molecule has 174 valence electrons. The lowest BCUT2D eigenvalue weighted by Crippen LogP contribution is -2.36. The van der Waals surface area contributed by atoms with Crippen LogP contribution >= 0.6 is 0 Å². The Morgan fingerprint density at radius 3 is 2.64 bits per heavy atom. The summed E-state index contributed by atoms with van der Waals surface area (Å²) >= 11 is 0. The Morgan fingerprint density at radius 1 is 1.06 bits per heavy atom. The number of hydrazone groups is 1. The molecule has 2 aromatic heterocycles. The molecule has 0 atom stereocenters. The summed E-state index contributed by atoms with van der Waals surface area (Å²) in [4.78, 5) is 12.5. The topological polar surface area (TPSA) is 58.8 Å². The number of imidazole rings is 1. The van der Waals surface area contributed by atoms with Gasteiger partial charge in [-0.2, -0.15) is 5.10 Å². The number of fused-ring (bicyclic) bond motifs is 1. The van der Waals surface area contributed by atoms with Crippen LogP contribution in [0.15, 0.2) is 35.4 Å². The fourth-order valence-electron chi connectivity index (χ4n) is 4.73. The lowest BCUT2D eigenvalue weighted by atomic mass is 10.0. The molecule has 1 saturated heterocycles. The van der Waals surface area contributed by atoms with Crippen molar-refractivity contribution >= 4 is 28.4 Å². The Hall–Kier alpha value is -2.93. The molecule has 0 unspecified atom stereocenters. The number of pyridine rings is 1. The summed E-state index contributed by atoms with van der Waals surface area (Å²) in [6, 6.07) is 10.8. The number of ether oxygens (including phenoxy) is 1. The summed E-state index contributed by atoms with van der Waals surface area (Å²) in [7, 11) is 2.09.